The molecule has 1 aromatic rings. The number of nitrogens with one attached hydrogen (secondary N) is 1. The minimum absolute atomic E-state index is 0.403. The van der Waals surface area contributed by atoms with E-state index in [2.05, 4.69) is 12.2 Å². The van der Waals surface area contributed by atoms with Crippen LogP contribution in [-0.4, -0.2) is 27.3 Å². The average Bonchev–Trinajstić information content (AvgIpc) is 3.18. The predicted molar refractivity (Wildman–Crippen MR) is 78.1 cm³/mol. The molecule has 4 heteroatoms. The van der Waals surface area contributed by atoms with Gasteiger partial charge in [0.15, 0.2) is 9.84 Å². The van der Waals surface area contributed by atoms with Crippen molar-refractivity contribution in [1.82, 2.24) is 5.32 Å². The summed E-state index contributed by atoms with van der Waals surface area (Å²) in [6.45, 7) is 3.24. The van der Waals surface area contributed by atoms with E-state index in [1.54, 1.807) is 12.1 Å². The molecule has 1 saturated carbocycles. The van der Waals surface area contributed by atoms with Crippen LogP contribution in [0.25, 0.3) is 0 Å². The third kappa shape index (κ3) is 4.32. The lowest BCUT2D eigenvalue weighted by molar-refractivity contribution is 0.460. The minimum Gasteiger partial charge on any atom is -0.313 e. The first kappa shape index (κ1) is 14.5. The van der Waals surface area contributed by atoms with Crippen LogP contribution >= 0.6 is 0 Å². The van der Waals surface area contributed by atoms with Crippen molar-refractivity contribution in [2.24, 2.45) is 5.92 Å². The molecule has 0 amide bonds. The number of hydrogen-bond donors (Lipinski definition) is 1. The molecule has 0 spiro atoms. The molecule has 3 nitrogen and oxygen atoms in total. The zero-order valence-corrected chi connectivity index (χ0v) is 12.5. The molecule has 1 unspecified atom stereocenters. The van der Waals surface area contributed by atoms with E-state index >= 15 is 0 Å². The van der Waals surface area contributed by atoms with Gasteiger partial charge in [-0.15, -0.1) is 0 Å². The largest absolute Gasteiger partial charge is 0.313 e. The van der Waals surface area contributed by atoms with Crippen LogP contribution < -0.4 is 5.32 Å². The summed E-state index contributed by atoms with van der Waals surface area (Å²) in [6, 6.07) is 7.87. The lowest BCUT2D eigenvalue weighted by Gasteiger charge is -2.18. The molecular weight excluding hydrogens is 258 g/mol. The Balaban J connectivity index is 2.01. The first-order valence-corrected chi connectivity index (χ1v) is 8.92. The highest BCUT2D eigenvalue weighted by Gasteiger charge is 2.30. The van der Waals surface area contributed by atoms with Gasteiger partial charge in [-0.1, -0.05) is 19.1 Å². The molecule has 2 rings (SSSR count). The fourth-order valence-electron chi connectivity index (χ4n) is 2.36. The summed E-state index contributed by atoms with van der Waals surface area (Å²) in [7, 11) is -3.08. The van der Waals surface area contributed by atoms with Gasteiger partial charge in [-0.3, -0.25) is 0 Å². The van der Waals surface area contributed by atoms with E-state index in [-0.39, 0.29) is 0 Å². The topological polar surface area (TPSA) is 46.2 Å². The molecule has 0 saturated heterocycles. The summed E-state index contributed by atoms with van der Waals surface area (Å²) < 4.78 is 22.8. The standard InChI is InChI=1S/C15H23NO2S/c1-3-10-16-15(13-6-7-13)11-12-4-8-14(9-5-12)19(2,17)18/h4-5,8-9,13,15-16H,3,6-7,10-11H2,1-2H3. The Labute approximate surface area is 116 Å². The third-order valence-corrected chi connectivity index (χ3v) is 4.78. The molecule has 106 valence electrons. The minimum atomic E-state index is -3.08. The van der Waals surface area contributed by atoms with Crippen LogP contribution in [0.1, 0.15) is 31.7 Å². The van der Waals surface area contributed by atoms with Gasteiger partial charge in [-0.25, -0.2) is 8.42 Å². The van der Waals surface area contributed by atoms with Gasteiger partial charge >= 0.3 is 0 Å². The third-order valence-electron chi connectivity index (χ3n) is 3.65. The average molecular weight is 281 g/mol. The summed E-state index contributed by atoms with van der Waals surface area (Å²) in [5.41, 5.74) is 1.22. The van der Waals surface area contributed by atoms with Crippen LogP contribution in [0, 0.1) is 5.92 Å². The van der Waals surface area contributed by atoms with Gasteiger partial charge in [-0.05, 0) is 55.8 Å². The molecule has 0 aromatic heterocycles. The van der Waals surface area contributed by atoms with Crippen molar-refractivity contribution in [2.45, 2.75) is 43.5 Å². The highest BCUT2D eigenvalue weighted by atomic mass is 32.2. The monoisotopic (exact) mass is 281 g/mol. The second kappa shape index (κ2) is 6.06. The normalized spacial score (nSPS) is 17.4. The Morgan fingerprint density at radius 3 is 2.37 bits per heavy atom. The van der Waals surface area contributed by atoms with E-state index in [0.29, 0.717) is 10.9 Å². The quantitative estimate of drug-likeness (QED) is 0.835. The summed E-state index contributed by atoms with van der Waals surface area (Å²) in [5.74, 6) is 0.807. The first-order chi connectivity index (χ1) is 9.00. The van der Waals surface area contributed by atoms with E-state index < -0.39 is 9.84 Å². The molecule has 0 heterocycles. The molecule has 0 bridgehead atoms. The lowest BCUT2D eigenvalue weighted by atomic mass is 10.0. The number of hydrogen-bond acceptors (Lipinski definition) is 3. The van der Waals surface area contributed by atoms with Crippen molar-refractivity contribution >= 4 is 9.84 Å². The van der Waals surface area contributed by atoms with Crippen molar-refractivity contribution in [3.63, 3.8) is 0 Å². The summed E-state index contributed by atoms with van der Waals surface area (Å²) in [4.78, 5) is 0.403. The molecule has 1 aromatic carbocycles. The highest BCUT2D eigenvalue weighted by molar-refractivity contribution is 7.90. The fourth-order valence-corrected chi connectivity index (χ4v) is 2.99. The zero-order valence-electron chi connectivity index (χ0n) is 11.7. The van der Waals surface area contributed by atoms with E-state index in [1.165, 1.54) is 24.7 Å². The second-order valence-electron chi connectivity index (χ2n) is 5.52. The highest BCUT2D eigenvalue weighted by Crippen LogP contribution is 2.34. The van der Waals surface area contributed by atoms with Gasteiger partial charge in [0.25, 0.3) is 0 Å². The summed E-state index contributed by atoms with van der Waals surface area (Å²) in [5, 5.41) is 3.61. The van der Waals surface area contributed by atoms with Crippen LogP contribution in [0.4, 0.5) is 0 Å². The van der Waals surface area contributed by atoms with Crippen LogP contribution in [0.15, 0.2) is 29.2 Å². The van der Waals surface area contributed by atoms with Crippen molar-refractivity contribution < 1.29 is 8.42 Å². The van der Waals surface area contributed by atoms with Crippen LogP contribution in [0.5, 0.6) is 0 Å². The fraction of sp³-hybridized carbons (Fsp3) is 0.600. The SMILES string of the molecule is CCCNC(Cc1ccc(S(C)(=O)=O)cc1)C1CC1. The van der Waals surface area contributed by atoms with Crippen molar-refractivity contribution in [1.29, 1.82) is 0 Å². The molecule has 1 aliphatic rings. The molecule has 19 heavy (non-hydrogen) atoms. The summed E-state index contributed by atoms with van der Waals surface area (Å²) in [6.07, 6.45) is 6.04. The van der Waals surface area contributed by atoms with E-state index in [9.17, 15) is 8.42 Å². The number of sulfone groups is 1. The van der Waals surface area contributed by atoms with E-state index in [0.717, 1.165) is 25.3 Å². The molecule has 1 aliphatic carbocycles. The van der Waals surface area contributed by atoms with Crippen molar-refractivity contribution in [3.05, 3.63) is 29.8 Å². The van der Waals surface area contributed by atoms with Gasteiger partial charge in [-0.2, -0.15) is 0 Å². The molecule has 1 atom stereocenters. The van der Waals surface area contributed by atoms with Crippen molar-refractivity contribution in [3.8, 4) is 0 Å². The Morgan fingerprint density at radius 1 is 1.26 bits per heavy atom. The maximum atomic E-state index is 11.4. The van der Waals surface area contributed by atoms with Gasteiger partial charge in [0.1, 0.15) is 0 Å². The molecular formula is C15H23NO2S. The molecule has 1 fully saturated rings. The Morgan fingerprint density at radius 2 is 1.89 bits per heavy atom. The van der Waals surface area contributed by atoms with Gasteiger partial charge < -0.3 is 5.32 Å². The van der Waals surface area contributed by atoms with E-state index in [4.69, 9.17) is 0 Å². The van der Waals surface area contributed by atoms with Crippen molar-refractivity contribution in [2.75, 3.05) is 12.8 Å². The predicted octanol–water partition coefficient (Wildman–Crippen LogP) is 2.41. The molecule has 1 N–H and O–H groups in total. The maximum Gasteiger partial charge on any atom is 0.175 e. The van der Waals surface area contributed by atoms with E-state index in [1.807, 2.05) is 12.1 Å². The Kier molecular flexibility index (Phi) is 4.63. The van der Waals surface area contributed by atoms with Gasteiger partial charge in [0.2, 0.25) is 0 Å². The second-order valence-corrected chi connectivity index (χ2v) is 7.53. The first-order valence-electron chi connectivity index (χ1n) is 7.03. The lowest BCUT2D eigenvalue weighted by Crippen LogP contribution is -2.33. The van der Waals surface area contributed by atoms with Crippen LogP contribution in [0.2, 0.25) is 0 Å². The van der Waals surface area contributed by atoms with Gasteiger partial charge in [0, 0.05) is 12.3 Å². The summed E-state index contributed by atoms with van der Waals surface area (Å²) >= 11 is 0. The van der Waals surface area contributed by atoms with Crippen LogP contribution in [0.3, 0.4) is 0 Å². The molecule has 0 radical (unpaired) electrons. The Hall–Kier alpha value is -0.870. The maximum absolute atomic E-state index is 11.4. The number of benzene rings is 1. The smallest absolute Gasteiger partial charge is 0.175 e. The van der Waals surface area contributed by atoms with Crippen LogP contribution in [-0.2, 0) is 16.3 Å². The number of rotatable bonds is 7. The molecule has 0 aliphatic heterocycles. The zero-order chi connectivity index (χ0) is 13.9. The Bertz CT molecular complexity index is 503. The van der Waals surface area contributed by atoms with Gasteiger partial charge in [0.05, 0.1) is 4.90 Å².